The lowest BCUT2D eigenvalue weighted by molar-refractivity contribution is -0.138. The molecule has 0 aromatic rings. The van der Waals surface area contributed by atoms with E-state index in [0.29, 0.717) is 25.6 Å². The molecule has 0 aromatic carbocycles. The van der Waals surface area contributed by atoms with Gasteiger partial charge in [-0.2, -0.15) is 0 Å². The molecule has 0 aliphatic carbocycles. The lowest BCUT2D eigenvalue weighted by Crippen LogP contribution is -2.41. The maximum atomic E-state index is 11.7. The zero-order valence-electron chi connectivity index (χ0n) is 10.5. The Morgan fingerprint density at radius 2 is 2.18 bits per heavy atom. The van der Waals surface area contributed by atoms with E-state index in [2.05, 4.69) is 0 Å². The van der Waals surface area contributed by atoms with Crippen LogP contribution in [0.15, 0.2) is 0 Å². The molecule has 0 aromatic heterocycles. The number of carbonyl (C=O) groups is 2. The predicted octanol–water partition coefficient (Wildman–Crippen LogP) is 1.97. The molecular weight excluding hydrogens is 222 g/mol. The van der Waals surface area contributed by atoms with E-state index in [0.717, 1.165) is 12.8 Å². The van der Waals surface area contributed by atoms with Gasteiger partial charge in [0, 0.05) is 19.5 Å². The number of rotatable bonds is 4. The zero-order valence-corrected chi connectivity index (χ0v) is 10.5. The number of carboxylic acid groups (broad SMARTS) is 1. The van der Waals surface area contributed by atoms with E-state index in [1.807, 2.05) is 13.8 Å². The van der Waals surface area contributed by atoms with Crippen LogP contribution in [0.3, 0.4) is 0 Å². The summed E-state index contributed by atoms with van der Waals surface area (Å²) in [7, 11) is 0. The molecule has 98 valence electrons. The molecule has 1 fully saturated rings. The van der Waals surface area contributed by atoms with Crippen LogP contribution in [0.1, 0.15) is 33.1 Å². The minimum absolute atomic E-state index is 0.0628. The number of carboxylic acids is 1. The molecule has 1 heterocycles. The summed E-state index contributed by atoms with van der Waals surface area (Å²) in [4.78, 5) is 23.9. The van der Waals surface area contributed by atoms with Crippen molar-refractivity contribution in [3.05, 3.63) is 0 Å². The number of hydrogen-bond acceptors (Lipinski definition) is 3. The third-order valence-electron chi connectivity index (χ3n) is 2.78. The van der Waals surface area contributed by atoms with E-state index in [9.17, 15) is 9.59 Å². The van der Waals surface area contributed by atoms with Gasteiger partial charge in [-0.25, -0.2) is 4.79 Å². The summed E-state index contributed by atoms with van der Waals surface area (Å²) < 4.78 is 5.14. The van der Waals surface area contributed by atoms with Crippen LogP contribution in [0, 0.1) is 11.8 Å². The highest BCUT2D eigenvalue weighted by atomic mass is 16.6. The van der Waals surface area contributed by atoms with Crippen molar-refractivity contribution in [1.29, 1.82) is 0 Å². The minimum Gasteiger partial charge on any atom is -0.481 e. The lowest BCUT2D eigenvalue weighted by atomic mass is 9.95. The summed E-state index contributed by atoms with van der Waals surface area (Å²) in [6.07, 6.45) is 1.55. The van der Waals surface area contributed by atoms with Gasteiger partial charge < -0.3 is 14.7 Å². The SMILES string of the molecule is CC(C)COC(=O)N1CCCC(CC(=O)O)C1. The molecule has 1 N–H and O–H groups in total. The van der Waals surface area contributed by atoms with Gasteiger partial charge >= 0.3 is 12.1 Å². The Bertz CT molecular complexity index is 278. The first-order valence-electron chi connectivity index (χ1n) is 6.12. The molecule has 5 heteroatoms. The zero-order chi connectivity index (χ0) is 12.8. The van der Waals surface area contributed by atoms with E-state index in [-0.39, 0.29) is 18.4 Å². The van der Waals surface area contributed by atoms with Crippen LogP contribution < -0.4 is 0 Å². The van der Waals surface area contributed by atoms with Crippen molar-refractivity contribution in [1.82, 2.24) is 4.90 Å². The molecule has 1 rings (SSSR count). The van der Waals surface area contributed by atoms with Gasteiger partial charge in [0.1, 0.15) is 0 Å². The van der Waals surface area contributed by atoms with E-state index in [1.54, 1.807) is 4.90 Å². The van der Waals surface area contributed by atoms with Gasteiger partial charge in [-0.3, -0.25) is 4.79 Å². The summed E-state index contributed by atoms with van der Waals surface area (Å²) in [5.41, 5.74) is 0. The molecule has 0 radical (unpaired) electrons. The molecule has 1 amide bonds. The number of ether oxygens (including phenoxy) is 1. The molecule has 0 bridgehead atoms. The number of hydrogen-bond donors (Lipinski definition) is 1. The van der Waals surface area contributed by atoms with Gasteiger partial charge in [0.2, 0.25) is 0 Å². The fourth-order valence-electron chi connectivity index (χ4n) is 1.97. The van der Waals surface area contributed by atoms with E-state index in [4.69, 9.17) is 9.84 Å². The maximum absolute atomic E-state index is 11.7. The van der Waals surface area contributed by atoms with Crippen molar-refractivity contribution < 1.29 is 19.4 Å². The van der Waals surface area contributed by atoms with Crippen LogP contribution in [0.4, 0.5) is 4.79 Å². The predicted molar refractivity (Wildman–Crippen MR) is 62.7 cm³/mol. The third-order valence-corrected chi connectivity index (χ3v) is 2.78. The fraction of sp³-hybridized carbons (Fsp3) is 0.833. The second-order valence-electron chi connectivity index (χ2n) is 5.02. The van der Waals surface area contributed by atoms with Crippen LogP contribution in [-0.4, -0.2) is 41.8 Å². The average molecular weight is 243 g/mol. The van der Waals surface area contributed by atoms with E-state index in [1.165, 1.54) is 0 Å². The Morgan fingerprint density at radius 1 is 1.47 bits per heavy atom. The van der Waals surface area contributed by atoms with Crippen LogP contribution in [0.5, 0.6) is 0 Å². The summed E-state index contributed by atoms with van der Waals surface area (Å²) in [5.74, 6) is -0.418. The third kappa shape index (κ3) is 5.06. The molecule has 0 spiro atoms. The first-order valence-corrected chi connectivity index (χ1v) is 6.12. The highest BCUT2D eigenvalue weighted by Crippen LogP contribution is 2.20. The van der Waals surface area contributed by atoms with Gasteiger partial charge in [0.05, 0.1) is 6.61 Å². The highest BCUT2D eigenvalue weighted by molar-refractivity contribution is 5.69. The van der Waals surface area contributed by atoms with Crippen molar-refractivity contribution in [2.45, 2.75) is 33.1 Å². The molecule has 1 aliphatic heterocycles. The van der Waals surface area contributed by atoms with Crippen molar-refractivity contribution in [3.8, 4) is 0 Å². The summed E-state index contributed by atoms with van der Waals surface area (Å²) >= 11 is 0. The van der Waals surface area contributed by atoms with Crippen LogP contribution in [0.2, 0.25) is 0 Å². The van der Waals surface area contributed by atoms with Crippen LogP contribution >= 0.6 is 0 Å². The average Bonchev–Trinajstić information content (AvgIpc) is 2.25. The molecule has 0 saturated carbocycles. The molecule has 1 atom stereocenters. The number of nitrogens with zero attached hydrogens (tertiary/aromatic N) is 1. The minimum atomic E-state index is -0.799. The first kappa shape index (κ1) is 13.8. The number of carbonyl (C=O) groups excluding carboxylic acids is 1. The Balaban J connectivity index is 2.37. The monoisotopic (exact) mass is 243 g/mol. The number of amides is 1. The number of likely N-dealkylation sites (tertiary alicyclic amines) is 1. The first-order chi connectivity index (χ1) is 7.99. The maximum Gasteiger partial charge on any atom is 0.409 e. The second-order valence-corrected chi connectivity index (χ2v) is 5.02. The Labute approximate surface area is 102 Å². The lowest BCUT2D eigenvalue weighted by Gasteiger charge is -2.31. The summed E-state index contributed by atoms with van der Waals surface area (Å²) in [6, 6.07) is 0. The molecular formula is C12H21NO4. The van der Waals surface area contributed by atoms with E-state index < -0.39 is 5.97 Å². The van der Waals surface area contributed by atoms with Crippen molar-refractivity contribution in [3.63, 3.8) is 0 Å². The Kier molecular flexibility index (Phi) is 5.25. The van der Waals surface area contributed by atoms with Crippen molar-refractivity contribution in [2.24, 2.45) is 11.8 Å². The van der Waals surface area contributed by atoms with Gasteiger partial charge in [0.15, 0.2) is 0 Å². The van der Waals surface area contributed by atoms with Gasteiger partial charge in [0.25, 0.3) is 0 Å². The number of aliphatic carboxylic acids is 1. The molecule has 17 heavy (non-hydrogen) atoms. The number of piperidine rings is 1. The fourth-order valence-corrected chi connectivity index (χ4v) is 1.97. The van der Waals surface area contributed by atoms with Crippen LogP contribution in [0.25, 0.3) is 0 Å². The molecule has 1 saturated heterocycles. The van der Waals surface area contributed by atoms with E-state index >= 15 is 0 Å². The van der Waals surface area contributed by atoms with Gasteiger partial charge in [-0.05, 0) is 24.7 Å². The van der Waals surface area contributed by atoms with Gasteiger partial charge in [-0.15, -0.1) is 0 Å². The summed E-state index contributed by atoms with van der Waals surface area (Å²) in [5, 5.41) is 8.73. The van der Waals surface area contributed by atoms with Crippen LogP contribution in [-0.2, 0) is 9.53 Å². The Morgan fingerprint density at radius 3 is 2.76 bits per heavy atom. The van der Waals surface area contributed by atoms with Crippen molar-refractivity contribution in [2.75, 3.05) is 19.7 Å². The normalized spacial score (nSPS) is 20.4. The largest absolute Gasteiger partial charge is 0.481 e. The van der Waals surface area contributed by atoms with Gasteiger partial charge in [-0.1, -0.05) is 13.8 Å². The topological polar surface area (TPSA) is 66.8 Å². The van der Waals surface area contributed by atoms with Crippen molar-refractivity contribution >= 4 is 12.1 Å². The second kappa shape index (κ2) is 6.47. The smallest absolute Gasteiger partial charge is 0.409 e. The standard InChI is InChI=1S/C12H21NO4/c1-9(2)8-17-12(16)13-5-3-4-10(7-13)6-11(14)15/h9-10H,3-8H2,1-2H3,(H,14,15). The molecule has 5 nitrogen and oxygen atoms in total. The quantitative estimate of drug-likeness (QED) is 0.819. The highest BCUT2D eigenvalue weighted by Gasteiger charge is 2.26. The molecule has 1 unspecified atom stereocenters. The molecule has 1 aliphatic rings. The summed E-state index contributed by atoms with van der Waals surface area (Å²) in [6.45, 7) is 5.56. The Hall–Kier alpha value is -1.26.